The van der Waals surface area contributed by atoms with E-state index in [4.69, 9.17) is 10.5 Å². The number of nitrogen functional groups attached to an aromatic ring is 1. The predicted molar refractivity (Wildman–Crippen MR) is 240 cm³/mol. The second kappa shape index (κ2) is 23.8. The smallest absolute Gasteiger partial charge is 0.309 e. The first kappa shape index (κ1) is 57.8. The van der Waals surface area contributed by atoms with Crippen molar-refractivity contribution >= 4 is 64.0 Å². The Labute approximate surface area is 408 Å². The largest absolute Gasteiger partial charge is 0.790 e. The first-order valence-electron chi connectivity index (χ1n) is 22.7. The SMILES string of the molecule is CC(C)(CCCCc1cccc(CCCC2(C(=O)CCNC(=O)CCNC(=O)C(O)C(C)(C)COP(=O)([O-])OP(=O)([O-])OCC3OC(n4cnc5c(N)ncnc54)C(O)C3OP(=O)([O-])[O-])CC2)c1)C(=O)O. The highest BCUT2D eigenvalue weighted by Crippen LogP contribution is 2.57. The van der Waals surface area contributed by atoms with Gasteiger partial charge < -0.3 is 74.1 Å². The zero-order valence-corrected chi connectivity index (χ0v) is 42.2. The summed E-state index contributed by atoms with van der Waals surface area (Å²) in [6.07, 6.45) is -0.514. The minimum Gasteiger partial charge on any atom is -0.790 e. The van der Waals surface area contributed by atoms with Crippen LogP contribution in [0, 0.1) is 16.2 Å². The molecular formula is C42H60N7O19P3-4. The van der Waals surface area contributed by atoms with Gasteiger partial charge in [0.25, 0.3) is 15.6 Å². The maximum atomic E-state index is 13.1. The number of hydrogen-bond donors (Lipinski definition) is 6. The molecule has 1 saturated carbocycles. The van der Waals surface area contributed by atoms with E-state index in [-0.39, 0.29) is 48.7 Å². The van der Waals surface area contributed by atoms with Gasteiger partial charge in [-0.05, 0) is 76.3 Å². The highest BCUT2D eigenvalue weighted by molar-refractivity contribution is 7.59. The van der Waals surface area contributed by atoms with Crippen molar-refractivity contribution in [2.45, 2.75) is 129 Å². The number of rotatable bonds is 30. The number of nitrogens with zero attached hydrogens (tertiary/aromatic N) is 4. The Morgan fingerprint density at radius 3 is 2.24 bits per heavy atom. The quantitative estimate of drug-likeness (QED) is 0.0390. The van der Waals surface area contributed by atoms with Crippen molar-refractivity contribution in [1.29, 1.82) is 0 Å². The molecule has 1 aliphatic carbocycles. The minimum absolute atomic E-state index is 0.0269. The van der Waals surface area contributed by atoms with Gasteiger partial charge >= 0.3 is 5.97 Å². The lowest BCUT2D eigenvalue weighted by Crippen LogP contribution is -2.46. The Kier molecular flexibility index (Phi) is 19.4. The number of nitrogens with one attached hydrogen (secondary N) is 2. The number of carbonyl (C=O) groups excluding carboxylic acids is 3. The number of aromatic nitrogens is 4. The number of aliphatic carboxylic acids is 1. The molecule has 29 heteroatoms. The third-order valence-electron chi connectivity index (χ3n) is 12.4. The van der Waals surface area contributed by atoms with Crippen LogP contribution in [0.25, 0.3) is 11.2 Å². The van der Waals surface area contributed by atoms with E-state index in [1.54, 1.807) is 13.8 Å². The van der Waals surface area contributed by atoms with Crippen LogP contribution >= 0.6 is 23.5 Å². The fraction of sp³-hybridized carbons (Fsp3) is 0.643. The monoisotopic (exact) mass is 1060 g/mol. The van der Waals surface area contributed by atoms with Crippen molar-refractivity contribution in [1.82, 2.24) is 30.2 Å². The van der Waals surface area contributed by atoms with Crippen LogP contribution in [0.15, 0.2) is 36.9 Å². The fourth-order valence-corrected chi connectivity index (χ4v) is 10.6. The van der Waals surface area contributed by atoms with Crippen LogP contribution in [0.3, 0.4) is 0 Å². The van der Waals surface area contributed by atoms with E-state index in [9.17, 15) is 67.8 Å². The van der Waals surface area contributed by atoms with Gasteiger partial charge in [-0.25, -0.2) is 19.3 Å². The molecule has 0 radical (unpaired) electrons. The van der Waals surface area contributed by atoms with Crippen LogP contribution in [0.4, 0.5) is 5.82 Å². The van der Waals surface area contributed by atoms with E-state index in [0.717, 1.165) is 68.6 Å². The van der Waals surface area contributed by atoms with Crippen molar-refractivity contribution in [2.75, 3.05) is 32.0 Å². The second-order valence-electron chi connectivity index (χ2n) is 19.0. The Morgan fingerprint density at radius 1 is 0.944 bits per heavy atom. The summed E-state index contributed by atoms with van der Waals surface area (Å²) in [6.45, 7) is 3.40. The van der Waals surface area contributed by atoms with Crippen molar-refractivity contribution < 1.29 is 90.4 Å². The van der Waals surface area contributed by atoms with Crippen LogP contribution in [-0.4, -0.2) is 109 Å². The van der Waals surface area contributed by atoms with Gasteiger partial charge in [-0.3, -0.25) is 32.9 Å². The van der Waals surface area contributed by atoms with Gasteiger partial charge in [-0.2, -0.15) is 0 Å². The number of benzene rings is 1. The van der Waals surface area contributed by atoms with E-state index in [2.05, 4.69) is 61.7 Å². The summed E-state index contributed by atoms with van der Waals surface area (Å²) >= 11 is 0. The number of fused-ring (bicyclic) bond motifs is 1. The maximum Gasteiger partial charge on any atom is 0.309 e. The van der Waals surface area contributed by atoms with Crippen molar-refractivity contribution in [2.24, 2.45) is 16.2 Å². The first-order valence-corrected chi connectivity index (χ1v) is 27.1. The number of carboxylic acids is 1. The number of aryl methyl sites for hydroxylation is 2. The Bertz CT molecular complexity index is 2520. The Hall–Kier alpha value is -4.10. The third kappa shape index (κ3) is 16.7. The lowest BCUT2D eigenvalue weighted by molar-refractivity contribution is -0.347. The molecule has 1 aliphatic heterocycles. The molecule has 26 nitrogen and oxygen atoms in total. The topological polar surface area (TPSA) is 412 Å². The molecule has 2 amide bonds. The number of carbonyl (C=O) groups is 4. The van der Waals surface area contributed by atoms with Gasteiger partial charge in [-0.15, -0.1) is 0 Å². The number of imidazole rings is 1. The van der Waals surface area contributed by atoms with Crippen molar-refractivity contribution in [3.05, 3.63) is 48.0 Å². The summed E-state index contributed by atoms with van der Waals surface area (Å²) in [5, 5.41) is 35.8. The van der Waals surface area contributed by atoms with Crippen LogP contribution in [0.2, 0.25) is 0 Å². The number of aliphatic hydroxyl groups excluding tert-OH is 2. The van der Waals surface area contributed by atoms with Crippen LogP contribution in [0.5, 0.6) is 0 Å². The molecule has 1 aromatic carbocycles. The molecule has 2 aromatic heterocycles. The molecule has 0 bridgehead atoms. The van der Waals surface area contributed by atoms with Crippen molar-refractivity contribution in [3.63, 3.8) is 0 Å². The number of amides is 2. The van der Waals surface area contributed by atoms with Gasteiger partial charge in [0.05, 0.1) is 32.8 Å². The second-order valence-corrected chi connectivity index (χ2v) is 23.1. The van der Waals surface area contributed by atoms with E-state index >= 15 is 0 Å². The number of nitrogens with two attached hydrogens (primary N) is 1. The van der Waals surface area contributed by atoms with Gasteiger partial charge in [-0.1, -0.05) is 44.5 Å². The van der Waals surface area contributed by atoms with Gasteiger partial charge in [0, 0.05) is 36.8 Å². The number of phosphoric ester groups is 3. The molecule has 7 atom stereocenters. The summed E-state index contributed by atoms with van der Waals surface area (Å²) in [6, 6.07) is 8.28. The number of hydrogen-bond acceptors (Lipinski definition) is 22. The minimum atomic E-state index is -5.94. The molecular weight excluding hydrogens is 999 g/mol. The lowest BCUT2D eigenvalue weighted by Gasteiger charge is -2.36. The van der Waals surface area contributed by atoms with E-state index < -0.39 is 101 Å². The summed E-state index contributed by atoms with van der Waals surface area (Å²) in [5.41, 5.74) is 5.25. The molecule has 1 saturated heterocycles. The molecule has 3 heterocycles. The standard InChI is InChI=1S/C42H64N7O19P3/c1-40(2,39(55)56)15-6-5-9-26-10-7-11-27(21-26)12-8-16-42(17-18-42)29(50)13-19-44-30(51)14-20-45-37(54)34(53)41(3,4)23-65-71(62,63)68-70(60,61)64-22-28-33(67-69(57,58)59)32(52)38(66-28)49-25-48-31-35(43)46-24-47-36(31)49/h7,10-11,21,24-25,28,32-34,38,52-53H,5-6,8-9,12-20,22-23H2,1-4H3,(H,44,51)(H,45,54)(H,55,56)(H,60,61)(H,62,63)(H2,43,46,47)(H2,57,58,59)/p-4. The first-order chi connectivity index (χ1) is 33.0. The van der Waals surface area contributed by atoms with E-state index in [1.807, 2.05) is 6.07 Å². The number of ether oxygens (including phenoxy) is 1. The average Bonchev–Trinajstić information content (AvgIpc) is 3.85. The normalized spacial score (nSPS) is 21.3. The molecule has 7 N–H and O–H groups in total. The van der Waals surface area contributed by atoms with Crippen LogP contribution < -0.4 is 35.9 Å². The molecule has 71 heavy (non-hydrogen) atoms. The highest BCUT2D eigenvalue weighted by Gasteiger charge is 2.49. The fourth-order valence-electron chi connectivity index (χ4n) is 7.89. The van der Waals surface area contributed by atoms with E-state index in [0.29, 0.717) is 6.42 Å². The zero-order valence-electron chi connectivity index (χ0n) is 39.5. The molecule has 2 aliphatic rings. The summed E-state index contributed by atoms with van der Waals surface area (Å²) in [7, 11) is -17.7. The molecule has 3 aromatic rings. The van der Waals surface area contributed by atoms with Gasteiger partial charge in [0.2, 0.25) is 11.8 Å². The van der Waals surface area contributed by atoms with Gasteiger partial charge in [0.1, 0.15) is 42.0 Å². The molecule has 7 unspecified atom stereocenters. The maximum absolute atomic E-state index is 13.1. The summed E-state index contributed by atoms with van der Waals surface area (Å²) < 4.78 is 61.0. The van der Waals surface area contributed by atoms with Crippen LogP contribution in [0.1, 0.15) is 103 Å². The third-order valence-corrected chi connectivity index (χ3v) is 15.4. The average molecular weight is 1060 g/mol. The lowest BCUT2D eigenvalue weighted by atomic mass is 9.87. The summed E-state index contributed by atoms with van der Waals surface area (Å²) in [5.74, 6) is -2.34. The Morgan fingerprint density at radius 2 is 1.59 bits per heavy atom. The Balaban J connectivity index is 0.987. The molecule has 0 spiro atoms. The number of aliphatic hydroxyl groups is 2. The summed E-state index contributed by atoms with van der Waals surface area (Å²) in [4.78, 5) is 110. The van der Waals surface area contributed by atoms with Gasteiger partial charge in [0.15, 0.2) is 17.7 Å². The number of anilines is 1. The number of ketones is 1. The number of phosphoric acid groups is 3. The predicted octanol–water partition coefficient (Wildman–Crippen LogP) is 0.463. The molecule has 396 valence electrons. The van der Waals surface area contributed by atoms with Crippen molar-refractivity contribution in [3.8, 4) is 0 Å². The number of carboxylic acid groups (broad SMARTS) is 1. The molecule has 5 rings (SSSR count). The van der Waals surface area contributed by atoms with E-state index in [1.165, 1.54) is 25.0 Å². The number of unbranched alkanes of at least 4 members (excludes halogenated alkanes) is 1. The number of Topliss-reactive ketones (excluding diaryl/α,β-unsaturated/α-hetero) is 1. The zero-order chi connectivity index (χ0) is 52.6. The highest BCUT2D eigenvalue weighted by atomic mass is 31.3. The van der Waals surface area contributed by atoms with Crippen LogP contribution in [-0.2, 0) is 68.3 Å². The molecule has 2 fully saturated rings.